The highest BCUT2D eigenvalue weighted by molar-refractivity contribution is 9.10. The highest BCUT2D eigenvalue weighted by atomic mass is 79.9. The molecule has 13 nitrogen and oxygen atoms in total. The van der Waals surface area contributed by atoms with Crippen molar-refractivity contribution in [3.63, 3.8) is 0 Å². The van der Waals surface area contributed by atoms with Crippen molar-refractivity contribution in [1.29, 1.82) is 0 Å². The molecule has 6 aromatic rings. The summed E-state index contributed by atoms with van der Waals surface area (Å²) in [5.41, 5.74) is 3.80. The first-order valence-corrected chi connectivity index (χ1v) is 16.6. The number of halogens is 4. The van der Waals surface area contributed by atoms with Gasteiger partial charge in [0.2, 0.25) is 0 Å². The second-order valence-electron chi connectivity index (χ2n) is 9.83. The number of hydrogen-bond donors (Lipinski definition) is 4. The SMILES string of the molecule is CCc1nc(Cl)cc2c1c(C(=O)OC)nn2-c1cccc(Br)c1.CNc1nc(Cl)cc2[nH]nc(C(=O)OC)c12.OB(O)c1cccc(Br)c1. The average molecular weight is 836 g/mol. The van der Waals surface area contributed by atoms with Gasteiger partial charge in [0.15, 0.2) is 11.4 Å². The second-order valence-corrected chi connectivity index (χ2v) is 12.4. The van der Waals surface area contributed by atoms with Gasteiger partial charge in [-0.2, -0.15) is 10.2 Å². The molecule has 0 aliphatic heterocycles. The number of ether oxygens (including phenoxy) is 2. The van der Waals surface area contributed by atoms with E-state index in [1.54, 1.807) is 42.1 Å². The van der Waals surface area contributed by atoms with Crippen molar-refractivity contribution in [2.45, 2.75) is 13.3 Å². The van der Waals surface area contributed by atoms with Crippen molar-refractivity contribution in [3.8, 4) is 5.69 Å². The number of hydrogen-bond acceptors (Lipinski definition) is 11. The van der Waals surface area contributed by atoms with Crippen LogP contribution in [-0.4, -0.2) is 80.3 Å². The number of aryl methyl sites for hydroxylation is 1. The van der Waals surface area contributed by atoms with Gasteiger partial charge in [-0.05, 0) is 42.2 Å². The molecule has 0 unspecified atom stereocenters. The van der Waals surface area contributed by atoms with E-state index in [0.29, 0.717) is 50.0 Å². The van der Waals surface area contributed by atoms with E-state index in [0.717, 1.165) is 20.1 Å². The van der Waals surface area contributed by atoms with Crippen LogP contribution < -0.4 is 10.8 Å². The first-order valence-electron chi connectivity index (χ1n) is 14.3. The minimum Gasteiger partial charge on any atom is -0.464 e. The maximum absolute atomic E-state index is 12.1. The Kier molecular flexibility index (Phi) is 13.1. The molecule has 0 saturated carbocycles. The summed E-state index contributed by atoms with van der Waals surface area (Å²) in [6, 6.07) is 17.8. The number of pyridine rings is 2. The highest BCUT2D eigenvalue weighted by Crippen LogP contribution is 2.29. The van der Waals surface area contributed by atoms with E-state index < -0.39 is 19.1 Å². The lowest BCUT2D eigenvalue weighted by Crippen LogP contribution is -2.29. The zero-order chi connectivity index (χ0) is 35.8. The maximum atomic E-state index is 12.1. The van der Waals surface area contributed by atoms with Crippen molar-refractivity contribution in [3.05, 3.63) is 97.0 Å². The predicted molar refractivity (Wildman–Crippen MR) is 196 cm³/mol. The Morgan fingerprint density at radius 3 is 2.12 bits per heavy atom. The van der Waals surface area contributed by atoms with E-state index in [1.165, 1.54) is 14.2 Å². The normalized spacial score (nSPS) is 10.5. The van der Waals surface area contributed by atoms with Crippen LogP contribution >= 0.6 is 55.1 Å². The van der Waals surface area contributed by atoms with Crippen LogP contribution in [0.1, 0.15) is 33.6 Å². The molecule has 0 radical (unpaired) electrons. The third-order valence-corrected chi connectivity index (χ3v) is 8.12. The fourth-order valence-electron chi connectivity index (χ4n) is 4.59. The van der Waals surface area contributed by atoms with Crippen LogP contribution in [0.4, 0.5) is 5.82 Å². The topological polar surface area (TPSA) is 177 Å². The van der Waals surface area contributed by atoms with Crippen LogP contribution in [0.15, 0.2) is 69.6 Å². The van der Waals surface area contributed by atoms with Gasteiger partial charge in [-0.3, -0.25) is 5.10 Å². The van der Waals surface area contributed by atoms with Crippen molar-refractivity contribution < 1.29 is 29.1 Å². The number of benzene rings is 2. The number of esters is 2. The molecule has 2 aromatic carbocycles. The number of rotatable bonds is 6. The van der Waals surface area contributed by atoms with Crippen LogP contribution in [-0.2, 0) is 15.9 Å². The molecule has 4 N–H and O–H groups in total. The molecule has 0 amide bonds. The van der Waals surface area contributed by atoms with E-state index in [-0.39, 0.29) is 11.4 Å². The molecule has 0 fully saturated rings. The molecule has 254 valence electrons. The number of H-pyrrole nitrogens is 1. The van der Waals surface area contributed by atoms with Gasteiger partial charge in [-0.15, -0.1) is 0 Å². The van der Waals surface area contributed by atoms with E-state index in [4.69, 9.17) is 38.0 Å². The fraction of sp³-hybridized carbons (Fsp3) is 0.161. The van der Waals surface area contributed by atoms with Crippen LogP contribution in [0.25, 0.3) is 27.5 Å². The van der Waals surface area contributed by atoms with Gasteiger partial charge < -0.3 is 24.8 Å². The largest absolute Gasteiger partial charge is 0.488 e. The van der Waals surface area contributed by atoms with Crippen LogP contribution in [0, 0.1) is 0 Å². The van der Waals surface area contributed by atoms with Crippen molar-refractivity contribution in [2.24, 2.45) is 0 Å². The zero-order valence-corrected chi connectivity index (χ0v) is 31.0. The minimum absolute atomic E-state index is 0.186. The monoisotopic (exact) mass is 833 g/mol. The number of nitrogens with one attached hydrogen (secondary N) is 2. The standard InChI is InChI=1S/C16H13BrClN3O2.C9H9ClN4O2.C6H6BBrO2/c1-3-11-14-12(8-13(18)19-11)21(20-15(14)16(22)23-2)10-6-4-5-9(17)7-10;1-11-8-6-4(3-5(10)12-8)13-14-7(6)9(15)16-2;8-6-3-1-2-5(4-6)7(9)10/h4-8H,3H2,1-2H3;3H,1-2H3,(H,11,12)(H,13,14);1-4,9-10H. The molecule has 6 rings (SSSR count). The van der Waals surface area contributed by atoms with E-state index >= 15 is 0 Å². The molecule has 49 heavy (non-hydrogen) atoms. The van der Waals surface area contributed by atoms with E-state index in [1.807, 2.05) is 37.3 Å². The van der Waals surface area contributed by atoms with Crippen molar-refractivity contribution in [1.82, 2.24) is 29.9 Å². The quantitative estimate of drug-likeness (QED) is 0.0913. The Morgan fingerprint density at radius 1 is 0.918 bits per heavy atom. The number of fused-ring (bicyclic) bond motifs is 2. The second kappa shape index (κ2) is 17.1. The molecule has 0 aliphatic carbocycles. The van der Waals surface area contributed by atoms with Crippen LogP contribution in [0.2, 0.25) is 10.3 Å². The summed E-state index contributed by atoms with van der Waals surface area (Å²) in [4.78, 5) is 31.9. The number of aromatic amines is 1. The van der Waals surface area contributed by atoms with Crippen LogP contribution in [0.5, 0.6) is 0 Å². The lowest BCUT2D eigenvalue weighted by Gasteiger charge is -2.05. The summed E-state index contributed by atoms with van der Waals surface area (Å²) >= 11 is 18.6. The Labute approximate surface area is 307 Å². The number of methoxy groups -OCH3 is 2. The number of anilines is 1. The Hall–Kier alpha value is -4.06. The van der Waals surface area contributed by atoms with E-state index in [9.17, 15) is 9.59 Å². The zero-order valence-electron chi connectivity index (χ0n) is 26.3. The number of carbonyl (C=O) groups excluding carboxylic acids is 2. The Balaban J connectivity index is 0.000000180. The average Bonchev–Trinajstić information content (AvgIpc) is 3.69. The van der Waals surface area contributed by atoms with Gasteiger partial charge in [-0.25, -0.2) is 24.2 Å². The predicted octanol–water partition coefficient (Wildman–Crippen LogP) is 5.75. The van der Waals surface area contributed by atoms with Crippen molar-refractivity contribution in [2.75, 3.05) is 26.6 Å². The first kappa shape index (κ1) is 37.8. The summed E-state index contributed by atoms with van der Waals surface area (Å²) in [6.07, 6.45) is 0.630. The van der Waals surface area contributed by atoms with Gasteiger partial charge >= 0.3 is 19.1 Å². The van der Waals surface area contributed by atoms with Gasteiger partial charge in [0, 0.05) is 28.1 Å². The summed E-state index contributed by atoms with van der Waals surface area (Å²) in [6.45, 7) is 1.95. The molecule has 0 aliphatic rings. The summed E-state index contributed by atoms with van der Waals surface area (Å²) < 4.78 is 12.9. The van der Waals surface area contributed by atoms with Gasteiger partial charge in [0.25, 0.3) is 0 Å². The number of carbonyl (C=O) groups is 2. The summed E-state index contributed by atoms with van der Waals surface area (Å²) in [5.74, 6) is -0.536. The molecule has 0 atom stereocenters. The number of aromatic nitrogens is 6. The first-order chi connectivity index (χ1) is 23.4. The molecule has 4 heterocycles. The molecule has 0 saturated heterocycles. The smallest absolute Gasteiger partial charge is 0.464 e. The maximum Gasteiger partial charge on any atom is 0.488 e. The summed E-state index contributed by atoms with van der Waals surface area (Å²) in [7, 11) is 2.94. The van der Waals surface area contributed by atoms with Crippen molar-refractivity contribution >= 4 is 107 Å². The molecule has 0 spiro atoms. The Bertz CT molecular complexity index is 2130. The lowest BCUT2D eigenvalue weighted by molar-refractivity contribution is 0.0587. The summed E-state index contributed by atoms with van der Waals surface area (Å²) in [5, 5.41) is 33.2. The van der Waals surface area contributed by atoms with Gasteiger partial charge in [0.05, 0.1) is 47.4 Å². The molecule has 0 bridgehead atoms. The van der Waals surface area contributed by atoms with E-state index in [2.05, 4.69) is 67.2 Å². The third-order valence-electron chi connectivity index (χ3n) is 6.75. The molecule has 4 aromatic heterocycles. The Morgan fingerprint density at radius 2 is 1.55 bits per heavy atom. The third kappa shape index (κ3) is 8.95. The molecule has 18 heteroatoms. The highest BCUT2D eigenvalue weighted by Gasteiger charge is 2.23. The van der Waals surface area contributed by atoms with Gasteiger partial charge in [0.1, 0.15) is 16.1 Å². The minimum atomic E-state index is -1.38. The van der Waals surface area contributed by atoms with Crippen LogP contribution in [0.3, 0.4) is 0 Å². The lowest BCUT2D eigenvalue weighted by atomic mass is 9.81. The van der Waals surface area contributed by atoms with Gasteiger partial charge in [-0.1, -0.05) is 80.2 Å². The number of nitrogens with zero attached hydrogens (tertiary/aromatic N) is 5. The molecular weight excluding hydrogens is 808 g/mol. The molecular formula is C31H28BBr2Cl2N7O6. The fourth-order valence-corrected chi connectivity index (χ4v) is 5.79.